The first-order chi connectivity index (χ1) is 5.70. The third kappa shape index (κ3) is 1.42. The van der Waals surface area contributed by atoms with Gasteiger partial charge >= 0.3 is 0 Å². The van der Waals surface area contributed by atoms with Crippen LogP contribution in [0.5, 0.6) is 0 Å². The van der Waals surface area contributed by atoms with Crippen LogP contribution in [0.4, 0.5) is 0 Å². The molecule has 1 aromatic rings. The van der Waals surface area contributed by atoms with Gasteiger partial charge in [0.25, 0.3) is 0 Å². The van der Waals surface area contributed by atoms with Gasteiger partial charge in [0, 0.05) is 10.4 Å². The molecule has 64 valence electrons. The van der Waals surface area contributed by atoms with Crippen molar-refractivity contribution in [1.29, 1.82) is 0 Å². The Morgan fingerprint density at radius 3 is 3.17 bits per heavy atom. The minimum Gasteiger partial charge on any atom is -0.302 e. The molecule has 0 fully saturated rings. The first-order valence-corrected chi connectivity index (χ1v) is 6.27. The summed E-state index contributed by atoms with van der Waals surface area (Å²) in [7, 11) is 0. The number of thiophene rings is 1. The SMILES string of the molecule is ClC1=C(Br)N(I)Cc2sccc21. The van der Waals surface area contributed by atoms with Gasteiger partial charge in [-0.15, -0.1) is 11.3 Å². The Bertz CT molecular complexity index is 349. The molecule has 2 heterocycles. The number of halogens is 3. The summed E-state index contributed by atoms with van der Waals surface area (Å²) in [5.41, 5.74) is 1.17. The molecule has 2 rings (SSSR count). The zero-order valence-corrected chi connectivity index (χ0v) is 11.2. The first kappa shape index (κ1) is 9.30. The molecule has 0 bridgehead atoms. The highest BCUT2D eigenvalue weighted by atomic mass is 127. The van der Waals surface area contributed by atoms with Crippen molar-refractivity contribution < 1.29 is 0 Å². The number of nitrogens with zero attached hydrogens (tertiary/aromatic N) is 1. The van der Waals surface area contributed by atoms with E-state index in [0.29, 0.717) is 0 Å². The van der Waals surface area contributed by atoms with Gasteiger partial charge in [-0.2, -0.15) is 0 Å². The topological polar surface area (TPSA) is 3.24 Å². The number of rotatable bonds is 0. The largest absolute Gasteiger partial charge is 0.302 e. The Kier molecular flexibility index (Phi) is 2.69. The molecular formula is C7H4BrClINS. The summed E-state index contributed by atoms with van der Waals surface area (Å²) in [5, 5.41) is 2.88. The van der Waals surface area contributed by atoms with Crippen molar-refractivity contribution in [1.82, 2.24) is 3.11 Å². The second-order valence-electron chi connectivity index (χ2n) is 2.38. The molecule has 1 aliphatic rings. The third-order valence-corrected chi connectivity index (χ3v) is 5.49. The first-order valence-electron chi connectivity index (χ1n) is 3.25. The van der Waals surface area contributed by atoms with Crippen molar-refractivity contribution >= 4 is 66.8 Å². The molecule has 0 amide bonds. The molecule has 0 spiro atoms. The lowest BCUT2D eigenvalue weighted by atomic mass is 10.2. The molecular weight excluding hydrogens is 372 g/mol. The normalized spacial score (nSPS) is 16.8. The number of fused-ring (bicyclic) bond motifs is 1. The highest BCUT2D eigenvalue weighted by Gasteiger charge is 2.21. The van der Waals surface area contributed by atoms with Crippen LogP contribution in [0, 0.1) is 0 Å². The Balaban J connectivity index is 2.57. The van der Waals surface area contributed by atoms with Crippen molar-refractivity contribution in [2.24, 2.45) is 0 Å². The third-order valence-electron chi connectivity index (χ3n) is 1.66. The summed E-state index contributed by atoms with van der Waals surface area (Å²) in [4.78, 5) is 1.33. The highest BCUT2D eigenvalue weighted by Crippen LogP contribution is 2.40. The molecule has 0 unspecified atom stereocenters. The van der Waals surface area contributed by atoms with E-state index in [-0.39, 0.29) is 0 Å². The van der Waals surface area contributed by atoms with Crippen LogP contribution in [-0.2, 0) is 6.54 Å². The monoisotopic (exact) mass is 375 g/mol. The second kappa shape index (κ2) is 3.48. The van der Waals surface area contributed by atoms with E-state index in [1.165, 1.54) is 10.4 Å². The van der Waals surface area contributed by atoms with Crippen LogP contribution in [0.25, 0.3) is 5.03 Å². The van der Waals surface area contributed by atoms with Crippen molar-refractivity contribution in [3.05, 3.63) is 26.5 Å². The summed E-state index contributed by atoms with van der Waals surface area (Å²) in [5.74, 6) is 0. The van der Waals surface area contributed by atoms with E-state index in [9.17, 15) is 0 Å². The number of hydrogen-bond acceptors (Lipinski definition) is 2. The van der Waals surface area contributed by atoms with Crippen LogP contribution in [0.1, 0.15) is 10.4 Å². The maximum absolute atomic E-state index is 6.13. The molecule has 0 N–H and O–H groups in total. The van der Waals surface area contributed by atoms with Gasteiger partial charge < -0.3 is 3.11 Å². The van der Waals surface area contributed by atoms with Gasteiger partial charge in [0.2, 0.25) is 0 Å². The van der Waals surface area contributed by atoms with Gasteiger partial charge in [-0.3, -0.25) is 0 Å². The van der Waals surface area contributed by atoms with Crippen molar-refractivity contribution in [3.8, 4) is 0 Å². The Morgan fingerprint density at radius 1 is 1.67 bits per heavy atom. The van der Waals surface area contributed by atoms with Crippen LogP contribution < -0.4 is 0 Å². The molecule has 12 heavy (non-hydrogen) atoms. The molecule has 0 saturated heterocycles. The fraction of sp³-hybridized carbons (Fsp3) is 0.143. The predicted molar refractivity (Wildman–Crippen MR) is 65.6 cm³/mol. The number of hydrogen-bond donors (Lipinski definition) is 0. The fourth-order valence-corrected chi connectivity index (χ4v) is 3.57. The van der Waals surface area contributed by atoms with Gasteiger partial charge in [0.1, 0.15) is 4.61 Å². The minimum absolute atomic E-state index is 0.812. The Labute approximate surface area is 102 Å². The van der Waals surface area contributed by atoms with Gasteiger partial charge in [0.15, 0.2) is 0 Å². The van der Waals surface area contributed by atoms with Gasteiger partial charge in [-0.1, -0.05) is 11.6 Å². The van der Waals surface area contributed by atoms with Crippen LogP contribution in [-0.4, -0.2) is 3.11 Å². The van der Waals surface area contributed by atoms with E-state index in [1.54, 1.807) is 11.3 Å². The smallest absolute Gasteiger partial charge is 0.109 e. The average molecular weight is 376 g/mol. The standard InChI is InChI=1S/C7H4BrClINS/c8-7-6(9)4-1-2-12-5(4)3-11(7)10/h1-2H,3H2. The molecule has 1 nitrogen and oxygen atoms in total. The van der Waals surface area contributed by atoms with E-state index < -0.39 is 0 Å². The van der Waals surface area contributed by atoms with Gasteiger partial charge in [-0.05, 0) is 27.4 Å². The van der Waals surface area contributed by atoms with Crippen molar-refractivity contribution in [2.45, 2.75) is 6.54 Å². The maximum atomic E-state index is 6.13. The predicted octanol–water partition coefficient (Wildman–Crippen LogP) is 4.17. The summed E-state index contributed by atoms with van der Waals surface area (Å²) in [6, 6.07) is 2.06. The lowest BCUT2D eigenvalue weighted by Crippen LogP contribution is -2.11. The van der Waals surface area contributed by atoms with Gasteiger partial charge in [-0.25, -0.2) is 0 Å². The van der Waals surface area contributed by atoms with Gasteiger partial charge in [0.05, 0.1) is 34.4 Å². The van der Waals surface area contributed by atoms with E-state index >= 15 is 0 Å². The molecule has 1 aliphatic heterocycles. The Morgan fingerprint density at radius 2 is 2.42 bits per heavy atom. The molecule has 0 atom stereocenters. The molecule has 0 saturated carbocycles. The lowest BCUT2D eigenvalue weighted by Gasteiger charge is -2.22. The lowest BCUT2D eigenvalue weighted by molar-refractivity contribution is 0.657. The summed E-state index contributed by atoms with van der Waals surface area (Å²) >= 11 is 13.6. The summed E-state index contributed by atoms with van der Waals surface area (Å²) in [6.45, 7) is 0.935. The van der Waals surface area contributed by atoms with Crippen molar-refractivity contribution in [2.75, 3.05) is 0 Å². The van der Waals surface area contributed by atoms with E-state index in [0.717, 1.165) is 16.2 Å². The molecule has 1 aromatic heterocycles. The zero-order chi connectivity index (χ0) is 8.72. The molecule has 5 heteroatoms. The summed E-state index contributed by atoms with van der Waals surface area (Å²) in [6.07, 6.45) is 0. The highest BCUT2D eigenvalue weighted by molar-refractivity contribution is 14.1. The molecule has 0 aliphatic carbocycles. The second-order valence-corrected chi connectivity index (χ2v) is 5.68. The zero-order valence-electron chi connectivity index (χ0n) is 5.85. The van der Waals surface area contributed by atoms with E-state index in [2.05, 4.69) is 53.4 Å². The fourth-order valence-electron chi connectivity index (χ4n) is 1.07. The molecule has 0 aromatic carbocycles. The molecule has 0 radical (unpaired) electrons. The van der Waals surface area contributed by atoms with Crippen LogP contribution in [0.15, 0.2) is 16.1 Å². The quantitative estimate of drug-likeness (QED) is 0.373. The average Bonchev–Trinajstić information content (AvgIpc) is 2.48. The summed E-state index contributed by atoms with van der Waals surface area (Å²) < 4.78 is 3.04. The Hall–Kier alpha value is 0.740. The maximum Gasteiger partial charge on any atom is 0.109 e. The van der Waals surface area contributed by atoms with Crippen molar-refractivity contribution in [3.63, 3.8) is 0 Å². The minimum atomic E-state index is 0.812. The van der Waals surface area contributed by atoms with Crippen LogP contribution in [0.3, 0.4) is 0 Å². The van der Waals surface area contributed by atoms with Crippen LogP contribution in [0.2, 0.25) is 0 Å². The van der Waals surface area contributed by atoms with E-state index in [1.807, 2.05) is 0 Å². The van der Waals surface area contributed by atoms with Crippen LogP contribution >= 0.6 is 61.7 Å². The van der Waals surface area contributed by atoms with E-state index in [4.69, 9.17) is 11.6 Å².